The molecule has 1 saturated carbocycles. The molecule has 3 aliphatic heterocycles. The number of phenolic OH excluding ortho intramolecular Hbond substituents is 1. The molecule has 1 unspecified atom stereocenters. The minimum Gasteiger partial charge on any atom is -0.508 e. The second-order valence-corrected chi connectivity index (χ2v) is 16.3. The standard InChI is InChI=1S/C41H51F2N5O4/c1-5-29-32(42)11-10-26-19-28(49)20-30(34(26)29)36-35(43)37-31(21-44-36)38(47-15-7-12-40(4,50)22-47)46-39(45-37)51-23-41-13-6-9-33(41)48(16-8-14-41)27-17-24(2)52-25(3)18-27/h10-11,19-21,24-25,27,33,49-50H,5-9,12-18,22-23H2,1-4H3/t24-,25+,27?,33-,40-,41-/m1/s1. The third-order valence-corrected chi connectivity index (χ3v) is 12.4. The number of nitrogens with zero attached hydrogens (tertiary/aromatic N) is 5. The van der Waals surface area contributed by atoms with Crippen LogP contribution in [-0.2, 0) is 11.2 Å². The van der Waals surface area contributed by atoms with Gasteiger partial charge in [-0.1, -0.05) is 19.4 Å². The van der Waals surface area contributed by atoms with Crippen molar-refractivity contribution in [3.05, 3.63) is 47.7 Å². The van der Waals surface area contributed by atoms with E-state index in [2.05, 4.69) is 23.7 Å². The fourth-order valence-electron chi connectivity index (χ4n) is 10.2. The number of likely N-dealkylation sites (tertiary alicyclic amines) is 1. The number of aliphatic hydroxyl groups is 1. The van der Waals surface area contributed by atoms with Gasteiger partial charge < -0.3 is 24.6 Å². The molecule has 2 aromatic heterocycles. The fraction of sp³-hybridized carbons (Fsp3) is 0.585. The van der Waals surface area contributed by atoms with Crippen molar-refractivity contribution >= 4 is 27.5 Å². The van der Waals surface area contributed by atoms with E-state index in [4.69, 9.17) is 19.4 Å². The number of β-amino-alcohol motifs (C(OH)–C–C–N with tert-alkyl or cyclic N) is 1. The van der Waals surface area contributed by atoms with Crippen LogP contribution in [-0.4, -0.2) is 86.2 Å². The molecular formula is C41H51F2N5O4. The monoisotopic (exact) mass is 715 g/mol. The van der Waals surface area contributed by atoms with Crippen LogP contribution in [0.25, 0.3) is 32.9 Å². The Hall–Kier alpha value is -3.67. The van der Waals surface area contributed by atoms with Crippen LogP contribution < -0.4 is 9.64 Å². The molecule has 2 N–H and O–H groups in total. The molecule has 4 aromatic rings. The van der Waals surface area contributed by atoms with E-state index in [0.717, 1.165) is 57.9 Å². The van der Waals surface area contributed by atoms with Crippen LogP contribution in [0.15, 0.2) is 30.5 Å². The van der Waals surface area contributed by atoms with Gasteiger partial charge in [-0.15, -0.1) is 0 Å². The summed E-state index contributed by atoms with van der Waals surface area (Å²) in [6, 6.07) is 6.91. The van der Waals surface area contributed by atoms with Gasteiger partial charge in [0.25, 0.3) is 0 Å². The minimum absolute atomic E-state index is 0.0350. The van der Waals surface area contributed by atoms with E-state index < -0.39 is 17.2 Å². The van der Waals surface area contributed by atoms with Crippen LogP contribution >= 0.6 is 0 Å². The van der Waals surface area contributed by atoms with E-state index in [1.54, 1.807) is 18.3 Å². The van der Waals surface area contributed by atoms with Crippen LogP contribution in [0.4, 0.5) is 14.6 Å². The summed E-state index contributed by atoms with van der Waals surface area (Å²) in [6.07, 6.45) is 11.3. The highest BCUT2D eigenvalue weighted by molar-refractivity contribution is 6.01. The van der Waals surface area contributed by atoms with Gasteiger partial charge in [0.2, 0.25) is 0 Å². The van der Waals surface area contributed by atoms with E-state index in [1.807, 2.05) is 18.7 Å². The number of halogens is 2. The van der Waals surface area contributed by atoms with Crippen molar-refractivity contribution in [2.24, 2.45) is 5.41 Å². The van der Waals surface area contributed by atoms with Gasteiger partial charge in [0.15, 0.2) is 5.82 Å². The topological polar surface area (TPSA) is 104 Å². The molecule has 4 fully saturated rings. The first kappa shape index (κ1) is 35.4. The van der Waals surface area contributed by atoms with E-state index in [-0.39, 0.29) is 40.6 Å². The first-order valence-electron chi connectivity index (χ1n) is 19.3. The number of piperidine rings is 2. The van der Waals surface area contributed by atoms with Gasteiger partial charge >= 0.3 is 6.01 Å². The van der Waals surface area contributed by atoms with Gasteiger partial charge in [-0.2, -0.15) is 9.97 Å². The van der Waals surface area contributed by atoms with Crippen molar-refractivity contribution in [2.75, 3.05) is 31.1 Å². The van der Waals surface area contributed by atoms with Crippen molar-refractivity contribution in [3.63, 3.8) is 0 Å². The smallest absolute Gasteiger partial charge is 0.319 e. The van der Waals surface area contributed by atoms with Crippen LogP contribution in [0.3, 0.4) is 0 Å². The highest BCUT2D eigenvalue weighted by Gasteiger charge is 2.50. The average molecular weight is 716 g/mol. The second-order valence-electron chi connectivity index (χ2n) is 16.3. The summed E-state index contributed by atoms with van der Waals surface area (Å²) in [5.74, 6) is -0.698. The molecule has 8 rings (SSSR count). The Kier molecular flexibility index (Phi) is 9.27. The molecule has 11 heteroatoms. The third-order valence-electron chi connectivity index (χ3n) is 12.4. The highest BCUT2D eigenvalue weighted by atomic mass is 19.1. The Morgan fingerprint density at radius 2 is 1.79 bits per heavy atom. The highest BCUT2D eigenvalue weighted by Crippen LogP contribution is 2.50. The molecule has 5 heterocycles. The van der Waals surface area contributed by atoms with Crippen molar-refractivity contribution in [1.29, 1.82) is 0 Å². The number of aryl methyl sites for hydroxylation is 1. The second kappa shape index (κ2) is 13.6. The maximum Gasteiger partial charge on any atom is 0.319 e. The number of ether oxygens (including phenoxy) is 2. The number of aromatic nitrogens is 3. The van der Waals surface area contributed by atoms with Crippen LogP contribution in [0.2, 0.25) is 0 Å². The molecule has 0 spiro atoms. The van der Waals surface area contributed by atoms with Gasteiger partial charge in [-0.25, -0.2) is 8.78 Å². The summed E-state index contributed by atoms with van der Waals surface area (Å²) in [4.78, 5) is 19.0. The summed E-state index contributed by atoms with van der Waals surface area (Å²) in [5.41, 5.74) is -0.275. The summed E-state index contributed by atoms with van der Waals surface area (Å²) in [6.45, 7) is 10.5. The molecular weight excluding hydrogens is 664 g/mol. The maximum atomic E-state index is 17.1. The lowest BCUT2D eigenvalue weighted by Crippen LogP contribution is -2.57. The minimum atomic E-state index is -0.940. The molecule has 52 heavy (non-hydrogen) atoms. The molecule has 278 valence electrons. The lowest BCUT2D eigenvalue weighted by atomic mass is 9.74. The first-order chi connectivity index (χ1) is 24.9. The predicted molar refractivity (Wildman–Crippen MR) is 198 cm³/mol. The molecule has 0 bridgehead atoms. The summed E-state index contributed by atoms with van der Waals surface area (Å²) < 4.78 is 44.9. The van der Waals surface area contributed by atoms with E-state index in [0.29, 0.717) is 77.7 Å². The normalized spacial score (nSPS) is 29.9. The predicted octanol–water partition coefficient (Wildman–Crippen LogP) is 7.71. The molecule has 1 aliphatic carbocycles. The SMILES string of the molecule is CCc1c(F)ccc2cc(O)cc(-c3ncc4c(N5CCC[C@@](C)(O)C5)nc(OC[C@]56CCC[C@H]5N(C5C[C@@H](C)O[C@@H](C)C5)CCC6)nc4c3F)c12. The van der Waals surface area contributed by atoms with Crippen molar-refractivity contribution in [2.45, 2.75) is 122 Å². The van der Waals surface area contributed by atoms with E-state index in [1.165, 1.54) is 12.1 Å². The Morgan fingerprint density at radius 3 is 2.56 bits per heavy atom. The molecule has 6 atom stereocenters. The Labute approximate surface area is 304 Å². The third kappa shape index (κ3) is 6.36. The molecule has 2 aromatic carbocycles. The Bertz CT molecular complexity index is 1980. The molecule has 3 saturated heterocycles. The largest absolute Gasteiger partial charge is 0.508 e. The number of hydrogen-bond acceptors (Lipinski definition) is 9. The summed E-state index contributed by atoms with van der Waals surface area (Å²) in [7, 11) is 0. The number of hydrogen-bond donors (Lipinski definition) is 2. The zero-order chi connectivity index (χ0) is 36.4. The molecule has 9 nitrogen and oxygen atoms in total. The van der Waals surface area contributed by atoms with Gasteiger partial charge in [0.1, 0.15) is 28.6 Å². The number of benzene rings is 2. The number of aromatic hydroxyl groups is 1. The molecule has 4 aliphatic rings. The number of pyridine rings is 1. The lowest BCUT2D eigenvalue weighted by Gasteiger charge is -2.51. The fourth-order valence-corrected chi connectivity index (χ4v) is 10.2. The average Bonchev–Trinajstić information content (AvgIpc) is 3.54. The number of phenols is 1. The van der Waals surface area contributed by atoms with Crippen LogP contribution in [0.5, 0.6) is 11.8 Å². The number of rotatable bonds is 7. The van der Waals surface area contributed by atoms with Crippen LogP contribution in [0.1, 0.15) is 91.0 Å². The van der Waals surface area contributed by atoms with Crippen LogP contribution in [0, 0.1) is 17.0 Å². The molecule has 0 amide bonds. The van der Waals surface area contributed by atoms with Gasteiger partial charge in [0, 0.05) is 42.3 Å². The van der Waals surface area contributed by atoms with Gasteiger partial charge in [-0.05, 0) is 120 Å². The van der Waals surface area contributed by atoms with E-state index >= 15 is 8.78 Å². The Balaban J connectivity index is 1.20. The number of fused-ring (bicyclic) bond motifs is 3. The van der Waals surface area contributed by atoms with Crippen molar-refractivity contribution in [1.82, 2.24) is 19.9 Å². The van der Waals surface area contributed by atoms with Gasteiger partial charge in [-0.3, -0.25) is 9.88 Å². The zero-order valence-electron chi connectivity index (χ0n) is 30.8. The Morgan fingerprint density at radius 1 is 1.02 bits per heavy atom. The van der Waals surface area contributed by atoms with Gasteiger partial charge in [0.05, 0.1) is 29.8 Å². The van der Waals surface area contributed by atoms with Crippen molar-refractivity contribution < 1.29 is 28.5 Å². The number of anilines is 1. The molecule has 0 radical (unpaired) electrons. The quantitative estimate of drug-likeness (QED) is 0.199. The zero-order valence-corrected chi connectivity index (χ0v) is 30.8. The summed E-state index contributed by atoms with van der Waals surface area (Å²) >= 11 is 0. The lowest BCUT2D eigenvalue weighted by molar-refractivity contribution is -0.0967. The summed E-state index contributed by atoms with van der Waals surface area (Å²) in [5, 5.41) is 23.2. The van der Waals surface area contributed by atoms with E-state index in [9.17, 15) is 10.2 Å². The maximum absolute atomic E-state index is 17.1. The van der Waals surface area contributed by atoms with Crippen molar-refractivity contribution in [3.8, 4) is 23.0 Å². The first-order valence-corrected chi connectivity index (χ1v) is 19.3.